The highest BCUT2D eigenvalue weighted by atomic mass is 19.4. The number of halogens is 3. The van der Waals surface area contributed by atoms with Crippen molar-refractivity contribution in [2.75, 3.05) is 13.7 Å². The Labute approximate surface area is 156 Å². The molecule has 0 aliphatic carbocycles. The van der Waals surface area contributed by atoms with E-state index in [2.05, 4.69) is 9.84 Å². The molecule has 0 bridgehead atoms. The van der Waals surface area contributed by atoms with Gasteiger partial charge in [0, 0.05) is 37.0 Å². The molecule has 148 valence electrons. The maximum atomic E-state index is 12.7. The molecule has 5 nitrogen and oxygen atoms in total. The lowest BCUT2D eigenvalue weighted by Gasteiger charge is -2.18. The van der Waals surface area contributed by atoms with Crippen LogP contribution in [0.5, 0.6) is 0 Å². The summed E-state index contributed by atoms with van der Waals surface area (Å²) >= 11 is 0. The van der Waals surface area contributed by atoms with Gasteiger partial charge in [0.2, 0.25) is 0 Å². The van der Waals surface area contributed by atoms with Crippen LogP contribution in [0.4, 0.5) is 13.2 Å². The number of carbonyl (C=O) groups excluding carboxylic acids is 1. The highest BCUT2D eigenvalue weighted by Crippen LogP contribution is 2.18. The van der Waals surface area contributed by atoms with Crippen LogP contribution in [0.3, 0.4) is 0 Å². The standard InChI is InChI=1S/C19H24F3N3O2/c1-5-25-14(3)17(13(2)23-25)10-24(4)18(26)16-8-6-7-15(9-16)11-27-12-19(20,21)22/h6-9H,5,10-12H2,1-4H3. The molecular weight excluding hydrogens is 359 g/mol. The lowest BCUT2D eigenvalue weighted by molar-refractivity contribution is -0.176. The maximum Gasteiger partial charge on any atom is 0.411 e. The summed E-state index contributed by atoms with van der Waals surface area (Å²) in [5, 5.41) is 4.45. The number of ether oxygens (including phenoxy) is 1. The van der Waals surface area contributed by atoms with Crippen molar-refractivity contribution in [2.24, 2.45) is 0 Å². The maximum absolute atomic E-state index is 12.7. The molecule has 0 fully saturated rings. The van der Waals surface area contributed by atoms with Crippen molar-refractivity contribution in [2.45, 2.75) is 46.6 Å². The number of benzene rings is 1. The summed E-state index contributed by atoms with van der Waals surface area (Å²) in [6.45, 7) is 5.53. The fraction of sp³-hybridized carbons (Fsp3) is 0.474. The Kier molecular flexibility index (Phi) is 6.64. The van der Waals surface area contributed by atoms with Gasteiger partial charge in [0.05, 0.1) is 12.3 Å². The van der Waals surface area contributed by atoms with Crippen molar-refractivity contribution in [1.82, 2.24) is 14.7 Å². The molecule has 1 heterocycles. The van der Waals surface area contributed by atoms with Gasteiger partial charge in [-0.25, -0.2) is 0 Å². The summed E-state index contributed by atoms with van der Waals surface area (Å²) in [6, 6.07) is 6.47. The Morgan fingerprint density at radius 3 is 2.59 bits per heavy atom. The summed E-state index contributed by atoms with van der Waals surface area (Å²) in [5.74, 6) is -0.212. The number of nitrogens with zero attached hydrogens (tertiary/aromatic N) is 3. The molecule has 0 radical (unpaired) electrons. The summed E-state index contributed by atoms with van der Waals surface area (Å²) in [6.07, 6.45) is -4.37. The summed E-state index contributed by atoms with van der Waals surface area (Å²) in [4.78, 5) is 14.3. The molecule has 1 aromatic heterocycles. The van der Waals surface area contributed by atoms with E-state index >= 15 is 0 Å². The van der Waals surface area contributed by atoms with Crippen LogP contribution in [-0.4, -0.2) is 40.4 Å². The number of hydrogen-bond acceptors (Lipinski definition) is 3. The topological polar surface area (TPSA) is 47.4 Å². The van der Waals surface area contributed by atoms with E-state index in [-0.39, 0.29) is 12.5 Å². The molecular formula is C19H24F3N3O2. The minimum absolute atomic E-state index is 0.203. The van der Waals surface area contributed by atoms with E-state index in [9.17, 15) is 18.0 Å². The molecule has 0 unspecified atom stereocenters. The first kappa shape index (κ1) is 21.0. The second kappa shape index (κ2) is 8.56. The van der Waals surface area contributed by atoms with E-state index in [1.54, 1.807) is 36.2 Å². The number of amides is 1. The number of alkyl halides is 3. The SMILES string of the molecule is CCn1nc(C)c(CN(C)C(=O)c2cccc(COCC(F)(F)F)c2)c1C. The molecule has 0 spiro atoms. The van der Waals surface area contributed by atoms with Crippen LogP contribution in [0.1, 0.15) is 39.8 Å². The fourth-order valence-electron chi connectivity index (χ4n) is 2.88. The third-order valence-corrected chi connectivity index (χ3v) is 4.28. The Bertz CT molecular complexity index is 800. The Hall–Kier alpha value is -2.35. The van der Waals surface area contributed by atoms with Crippen LogP contribution in [0.15, 0.2) is 24.3 Å². The van der Waals surface area contributed by atoms with Gasteiger partial charge in [-0.15, -0.1) is 0 Å². The molecule has 0 N–H and O–H groups in total. The van der Waals surface area contributed by atoms with E-state index in [1.807, 2.05) is 25.5 Å². The molecule has 8 heteroatoms. The smallest absolute Gasteiger partial charge is 0.367 e. The van der Waals surface area contributed by atoms with Crippen molar-refractivity contribution in [1.29, 1.82) is 0 Å². The number of aryl methyl sites for hydroxylation is 2. The average molecular weight is 383 g/mol. The molecule has 0 saturated carbocycles. The van der Waals surface area contributed by atoms with Crippen LogP contribution in [-0.2, 0) is 24.4 Å². The molecule has 0 aliphatic heterocycles. The average Bonchev–Trinajstić information content (AvgIpc) is 2.87. The van der Waals surface area contributed by atoms with Gasteiger partial charge in [-0.1, -0.05) is 12.1 Å². The zero-order valence-electron chi connectivity index (χ0n) is 15.9. The number of carbonyl (C=O) groups is 1. The van der Waals surface area contributed by atoms with Crippen LogP contribution < -0.4 is 0 Å². The zero-order valence-corrected chi connectivity index (χ0v) is 15.9. The quantitative estimate of drug-likeness (QED) is 0.729. The number of rotatable bonds is 7. The molecule has 1 aromatic carbocycles. The van der Waals surface area contributed by atoms with Crippen LogP contribution in [0, 0.1) is 13.8 Å². The van der Waals surface area contributed by atoms with Gasteiger partial charge >= 0.3 is 6.18 Å². The second-order valence-corrected chi connectivity index (χ2v) is 6.43. The molecule has 0 aliphatic rings. The summed E-state index contributed by atoms with van der Waals surface area (Å²) < 4.78 is 43.1. The van der Waals surface area contributed by atoms with Crippen LogP contribution >= 0.6 is 0 Å². The highest BCUT2D eigenvalue weighted by Gasteiger charge is 2.27. The highest BCUT2D eigenvalue weighted by molar-refractivity contribution is 5.94. The third kappa shape index (κ3) is 5.56. The monoisotopic (exact) mass is 383 g/mol. The van der Waals surface area contributed by atoms with E-state index in [0.29, 0.717) is 17.7 Å². The zero-order chi connectivity index (χ0) is 20.2. The largest absolute Gasteiger partial charge is 0.411 e. The van der Waals surface area contributed by atoms with E-state index in [1.165, 1.54) is 0 Å². The number of hydrogen-bond donors (Lipinski definition) is 0. The van der Waals surface area contributed by atoms with Crippen molar-refractivity contribution < 1.29 is 22.7 Å². The third-order valence-electron chi connectivity index (χ3n) is 4.28. The molecule has 1 amide bonds. The normalized spacial score (nSPS) is 11.7. The minimum atomic E-state index is -4.37. The molecule has 2 aromatic rings. The van der Waals surface area contributed by atoms with Crippen molar-refractivity contribution in [3.05, 3.63) is 52.3 Å². The van der Waals surface area contributed by atoms with Gasteiger partial charge in [-0.2, -0.15) is 18.3 Å². The Balaban J connectivity index is 2.06. The van der Waals surface area contributed by atoms with Crippen LogP contribution in [0.25, 0.3) is 0 Å². The predicted molar refractivity (Wildman–Crippen MR) is 95.3 cm³/mol. The van der Waals surface area contributed by atoms with Crippen LogP contribution in [0.2, 0.25) is 0 Å². The molecule has 2 rings (SSSR count). The summed E-state index contributed by atoms with van der Waals surface area (Å²) in [7, 11) is 1.69. The van der Waals surface area contributed by atoms with E-state index in [0.717, 1.165) is 23.5 Å². The first-order valence-corrected chi connectivity index (χ1v) is 8.64. The van der Waals surface area contributed by atoms with Crippen molar-refractivity contribution in [3.63, 3.8) is 0 Å². The van der Waals surface area contributed by atoms with Gasteiger partial charge in [0.25, 0.3) is 5.91 Å². The number of aromatic nitrogens is 2. The first-order valence-electron chi connectivity index (χ1n) is 8.64. The van der Waals surface area contributed by atoms with E-state index in [4.69, 9.17) is 0 Å². The van der Waals surface area contributed by atoms with Crippen molar-refractivity contribution >= 4 is 5.91 Å². The Morgan fingerprint density at radius 2 is 2.00 bits per heavy atom. The van der Waals surface area contributed by atoms with E-state index < -0.39 is 12.8 Å². The van der Waals surface area contributed by atoms with Gasteiger partial charge in [0.1, 0.15) is 6.61 Å². The molecule has 0 saturated heterocycles. The van der Waals surface area contributed by atoms with Gasteiger partial charge < -0.3 is 9.64 Å². The fourth-order valence-corrected chi connectivity index (χ4v) is 2.88. The van der Waals surface area contributed by atoms with Gasteiger partial charge in [0.15, 0.2) is 0 Å². The Morgan fingerprint density at radius 1 is 1.30 bits per heavy atom. The van der Waals surface area contributed by atoms with Gasteiger partial charge in [-0.05, 0) is 38.5 Å². The van der Waals surface area contributed by atoms with Gasteiger partial charge in [-0.3, -0.25) is 9.48 Å². The summed E-state index contributed by atoms with van der Waals surface area (Å²) in [5.41, 5.74) is 3.82. The first-order chi connectivity index (χ1) is 12.6. The van der Waals surface area contributed by atoms with Crippen molar-refractivity contribution in [3.8, 4) is 0 Å². The lowest BCUT2D eigenvalue weighted by Crippen LogP contribution is -2.27. The molecule has 27 heavy (non-hydrogen) atoms. The lowest BCUT2D eigenvalue weighted by atomic mass is 10.1. The second-order valence-electron chi connectivity index (χ2n) is 6.43. The minimum Gasteiger partial charge on any atom is -0.367 e. The molecule has 0 atom stereocenters. The predicted octanol–water partition coefficient (Wildman–Crippen LogP) is 3.87.